The third-order valence-corrected chi connectivity index (χ3v) is 3.08. The number of carbonyl (C=O) groups excluding carboxylic acids is 1. The summed E-state index contributed by atoms with van der Waals surface area (Å²) in [4.78, 5) is 11.5. The minimum atomic E-state index is 0.142. The largest absolute Gasteiger partial charge is 0.352 e. The fourth-order valence-electron chi connectivity index (χ4n) is 2.09. The third kappa shape index (κ3) is 1.41. The standard InChI is InChI=1S/C11H15NO/c1-7-5-9-3-4-12-11(13)10(9)6-8(7)2/h6,9H,3-5H2,1-2H3,(H,12,13). The molecule has 1 atom stereocenters. The molecule has 2 heteroatoms. The molecular weight excluding hydrogens is 162 g/mol. The van der Waals surface area contributed by atoms with Gasteiger partial charge in [-0.3, -0.25) is 4.79 Å². The maximum atomic E-state index is 11.5. The summed E-state index contributed by atoms with van der Waals surface area (Å²) in [5, 5.41) is 2.89. The van der Waals surface area contributed by atoms with E-state index < -0.39 is 0 Å². The summed E-state index contributed by atoms with van der Waals surface area (Å²) in [6.45, 7) is 5.09. The van der Waals surface area contributed by atoms with Crippen LogP contribution in [0.15, 0.2) is 22.8 Å². The average Bonchev–Trinajstić information content (AvgIpc) is 2.09. The topological polar surface area (TPSA) is 29.1 Å². The van der Waals surface area contributed by atoms with Crippen LogP contribution in [0.2, 0.25) is 0 Å². The number of piperidine rings is 1. The van der Waals surface area contributed by atoms with Crippen molar-refractivity contribution in [2.24, 2.45) is 5.92 Å². The van der Waals surface area contributed by atoms with Crippen molar-refractivity contribution < 1.29 is 4.79 Å². The molecule has 1 N–H and O–H groups in total. The first kappa shape index (κ1) is 8.54. The number of amides is 1. The van der Waals surface area contributed by atoms with E-state index in [1.165, 1.54) is 11.1 Å². The van der Waals surface area contributed by atoms with Crippen molar-refractivity contribution in [1.82, 2.24) is 5.32 Å². The van der Waals surface area contributed by atoms with Gasteiger partial charge in [-0.05, 0) is 32.6 Å². The Balaban J connectivity index is 2.34. The zero-order chi connectivity index (χ0) is 9.42. The second kappa shape index (κ2) is 3.02. The van der Waals surface area contributed by atoms with Gasteiger partial charge in [-0.2, -0.15) is 0 Å². The Kier molecular flexibility index (Phi) is 1.98. The maximum Gasteiger partial charge on any atom is 0.247 e. The molecule has 0 aromatic carbocycles. The number of fused-ring (bicyclic) bond motifs is 1. The van der Waals surface area contributed by atoms with E-state index in [1.54, 1.807) is 0 Å². The summed E-state index contributed by atoms with van der Waals surface area (Å²) in [5.74, 6) is 0.626. The van der Waals surface area contributed by atoms with Crippen LogP contribution in [-0.4, -0.2) is 12.5 Å². The molecule has 13 heavy (non-hydrogen) atoms. The van der Waals surface area contributed by atoms with Crippen LogP contribution in [0.1, 0.15) is 26.7 Å². The van der Waals surface area contributed by atoms with Gasteiger partial charge in [0.05, 0.1) is 0 Å². The first-order chi connectivity index (χ1) is 6.18. The lowest BCUT2D eigenvalue weighted by molar-refractivity contribution is -0.119. The van der Waals surface area contributed by atoms with Crippen LogP contribution < -0.4 is 5.32 Å². The predicted octanol–water partition coefficient (Wildman–Crippen LogP) is 1.79. The van der Waals surface area contributed by atoms with E-state index >= 15 is 0 Å². The third-order valence-electron chi connectivity index (χ3n) is 3.08. The van der Waals surface area contributed by atoms with E-state index in [-0.39, 0.29) is 5.91 Å². The summed E-state index contributed by atoms with van der Waals surface area (Å²) in [6.07, 6.45) is 4.23. The van der Waals surface area contributed by atoms with Crippen molar-refractivity contribution in [3.8, 4) is 0 Å². The Labute approximate surface area is 78.7 Å². The Hall–Kier alpha value is -1.05. The van der Waals surface area contributed by atoms with Gasteiger partial charge >= 0.3 is 0 Å². The number of hydrogen-bond acceptors (Lipinski definition) is 1. The lowest BCUT2D eigenvalue weighted by atomic mass is 9.80. The zero-order valence-electron chi connectivity index (χ0n) is 8.18. The molecule has 0 saturated carbocycles. The highest BCUT2D eigenvalue weighted by molar-refractivity contribution is 5.95. The fourth-order valence-corrected chi connectivity index (χ4v) is 2.09. The van der Waals surface area contributed by atoms with Crippen LogP contribution in [0.3, 0.4) is 0 Å². The summed E-state index contributed by atoms with van der Waals surface area (Å²) in [7, 11) is 0. The van der Waals surface area contributed by atoms with E-state index in [0.717, 1.165) is 25.0 Å². The lowest BCUT2D eigenvalue weighted by Crippen LogP contribution is -2.37. The van der Waals surface area contributed by atoms with Crippen molar-refractivity contribution >= 4 is 5.91 Å². The molecule has 1 aliphatic heterocycles. The van der Waals surface area contributed by atoms with Gasteiger partial charge < -0.3 is 5.32 Å². The van der Waals surface area contributed by atoms with Crippen LogP contribution in [0, 0.1) is 5.92 Å². The van der Waals surface area contributed by atoms with Gasteiger partial charge in [0.2, 0.25) is 5.91 Å². The van der Waals surface area contributed by atoms with E-state index in [4.69, 9.17) is 0 Å². The van der Waals surface area contributed by atoms with Crippen LogP contribution in [0.25, 0.3) is 0 Å². The molecule has 1 unspecified atom stereocenters. The Morgan fingerprint density at radius 2 is 2.23 bits per heavy atom. The van der Waals surface area contributed by atoms with Crippen molar-refractivity contribution in [1.29, 1.82) is 0 Å². The van der Waals surface area contributed by atoms with Gasteiger partial charge in [0.25, 0.3) is 0 Å². The van der Waals surface area contributed by atoms with Gasteiger partial charge in [-0.1, -0.05) is 17.2 Å². The van der Waals surface area contributed by atoms with E-state index in [9.17, 15) is 4.79 Å². The van der Waals surface area contributed by atoms with Gasteiger partial charge in [0, 0.05) is 12.1 Å². The number of hydrogen-bond donors (Lipinski definition) is 1. The molecular formula is C11H15NO. The normalized spacial score (nSPS) is 28.0. The molecule has 1 aliphatic carbocycles. The van der Waals surface area contributed by atoms with Crippen molar-refractivity contribution in [3.63, 3.8) is 0 Å². The molecule has 1 fully saturated rings. The Bertz CT molecular complexity index is 312. The first-order valence-electron chi connectivity index (χ1n) is 4.84. The summed E-state index contributed by atoms with van der Waals surface area (Å²) in [6, 6.07) is 0. The number of carbonyl (C=O) groups is 1. The molecule has 1 heterocycles. The molecule has 1 amide bonds. The minimum Gasteiger partial charge on any atom is -0.352 e. The lowest BCUT2D eigenvalue weighted by Gasteiger charge is -2.29. The van der Waals surface area contributed by atoms with Gasteiger partial charge in [-0.25, -0.2) is 0 Å². The molecule has 1 saturated heterocycles. The van der Waals surface area contributed by atoms with Crippen LogP contribution >= 0.6 is 0 Å². The number of nitrogens with one attached hydrogen (secondary N) is 1. The Morgan fingerprint density at radius 1 is 1.46 bits per heavy atom. The molecule has 0 aromatic heterocycles. The van der Waals surface area contributed by atoms with Gasteiger partial charge in [0.1, 0.15) is 0 Å². The fraction of sp³-hybridized carbons (Fsp3) is 0.545. The first-order valence-corrected chi connectivity index (χ1v) is 4.84. The monoisotopic (exact) mass is 177 g/mol. The zero-order valence-corrected chi connectivity index (χ0v) is 8.18. The van der Waals surface area contributed by atoms with Crippen LogP contribution in [0.4, 0.5) is 0 Å². The molecule has 2 nitrogen and oxygen atoms in total. The highest BCUT2D eigenvalue weighted by Crippen LogP contribution is 2.32. The van der Waals surface area contributed by atoms with Crippen LogP contribution in [0.5, 0.6) is 0 Å². The van der Waals surface area contributed by atoms with Gasteiger partial charge in [-0.15, -0.1) is 0 Å². The van der Waals surface area contributed by atoms with Crippen LogP contribution in [-0.2, 0) is 4.79 Å². The molecule has 0 bridgehead atoms. The van der Waals surface area contributed by atoms with E-state index in [0.29, 0.717) is 5.92 Å². The molecule has 0 radical (unpaired) electrons. The summed E-state index contributed by atoms with van der Waals surface area (Å²) >= 11 is 0. The second-order valence-corrected chi connectivity index (χ2v) is 4.01. The molecule has 2 rings (SSSR count). The van der Waals surface area contributed by atoms with Crippen molar-refractivity contribution in [2.75, 3.05) is 6.54 Å². The molecule has 0 aromatic rings. The summed E-state index contributed by atoms with van der Waals surface area (Å²) < 4.78 is 0. The SMILES string of the molecule is CC1=C(C)CC2CCNC(=O)C2=C1. The second-order valence-electron chi connectivity index (χ2n) is 4.01. The number of allylic oxidation sites excluding steroid dienone is 3. The van der Waals surface area contributed by atoms with E-state index in [2.05, 4.69) is 25.2 Å². The average molecular weight is 177 g/mol. The van der Waals surface area contributed by atoms with Crippen molar-refractivity contribution in [3.05, 3.63) is 22.8 Å². The predicted molar refractivity (Wildman–Crippen MR) is 52.2 cm³/mol. The smallest absolute Gasteiger partial charge is 0.247 e. The highest BCUT2D eigenvalue weighted by atomic mass is 16.1. The maximum absolute atomic E-state index is 11.5. The van der Waals surface area contributed by atoms with E-state index in [1.807, 2.05) is 0 Å². The summed E-state index contributed by atoms with van der Waals surface area (Å²) in [5.41, 5.74) is 3.70. The molecule has 70 valence electrons. The van der Waals surface area contributed by atoms with Crippen molar-refractivity contribution in [2.45, 2.75) is 26.7 Å². The number of rotatable bonds is 0. The van der Waals surface area contributed by atoms with Gasteiger partial charge in [0.15, 0.2) is 0 Å². The quantitative estimate of drug-likeness (QED) is 0.600. The molecule has 0 spiro atoms. The minimum absolute atomic E-state index is 0.142. The Morgan fingerprint density at radius 3 is 3.00 bits per heavy atom. The highest BCUT2D eigenvalue weighted by Gasteiger charge is 2.28. The molecule has 2 aliphatic rings.